The number of aromatic nitrogens is 1. The average molecular weight is 262 g/mol. The minimum atomic E-state index is 0.299. The van der Waals surface area contributed by atoms with Gasteiger partial charge in [-0.25, -0.2) is 0 Å². The van der Waals surface area contributed by atoms with Crippen LogP contribution >= 0.6 is 0 Å². The minimum absolute atomic E-state index is 0.299. The van der Waals surface area contributed by atoms with Gasteiger partial charge in [-0.1, -0.05) is 26.2 Å². The number of nitrogens with one attached hydrogen (secondary N) is 1. The molecule has 0 atom stereocenters. The highest BCUT2D eigenvalue weighted by atomic mass is 16.3. The summed E-state index contributed by atoms with van der Waals surface area (Å²) in [7, 11) is 0. The maximum atomic E-state index is 9.74. The zero-order chi connectivity index (χ0) is 13.7. The van der Waals surface area contributed by atoms with Crippen molar-refractivity contribution in [1.82, 2.24) is 10.3 Å². The summed E-state index contributed by atoms with van der Waals surface area (Å²) in [4.78, 5) is 4.37. The van der Waals surface area contributed by atoms with Crippen molar-refractivity contribution >= 4 is 0 Å². The van der Waals surface area contributed by atoms with E-state index in [0.29, 0.717) is 12.3 Å². The van der Waals surface area contributed by atoms with E-state index in [1.165, 1.54) is 32.1 Å². The van der Waals surface area contributed by atoms with E-state index in [1.807, 2.05) is 13.0 Å². The SMILES string of the molecule is CCC1CCC(CNCc2nc(C)ccc2O)CC1. The Balaban J connectivity index is 1.73. The third-order valence-corrected chi connectivity index (χ3v) is 4.36. The monoisotopic (exact) mass is 262 g/mol. The molecule has 106 valence electrons. The summed E-state index contributed by atoms with van der Waals surface area (Å²) in [6, 6.07) is 3.57. The summed E-state index contributed by atoms with van der Waals surface area (Å²) in [5, 5.41) is 13.2. The molecule has 1 aromatic rings. The van der Waals surface area contributed by atoms with Gasteiger partial charge in [-0.2, -0.15) is 0 Å². The highest BCUT2D eigenvalue weighted by Crippen LogP contribution is 2.30. The molecule has 2 N–H and O–H groups in total. The predicted molar refractivity (Wildman–Crippen MR) is 78.1 cm³/mol. The molecule has 1 aliphatic rings. The van der Waals surface area contributed by atoms with Crippen molar-refractivity contribution in [2.75, 3.05) is 6.54 Å². The second-order valence-electron chi connectivity index (χ2n) is 5.84. The lowest BCUT2D eigenvalue weighted by atomic mass is 9.81. The first-order valence-corrected chi connectivity index (χ1v) is 7.55. The third-order valence-electron chi connectivity index (χ3n) is 4.36. The maximum absolute atomic E-state index is 9.74. The van der Waals surface area contributed by atoms with Gasteiger partial charge in [0, 0.05) is 12.2 Å². The van der Waals surface area contributed by atoms with Crippen LogP contribution in [0, 0.1) is 18.8 Å². The molecule has 2 rings (SSSR count). The van der Waals surface area contributed by atoms with E-state index in [2.05, 4.69) is 17.2 Å². The number of hydrogen-bond acceptors (Lipinski definition) is 3. The Kier molecular flexibility index (Phi) is 5.20. The summed E-state index contributed by atoms with van der Waals surface area (Å²) in [6.45, 7) is 5.97. The Morgan fingerprint density at radius 2 is 1.89 bits per heavy atom. The summed E-state index contributed by atoms with van der Waals surface area (Å²) in [5.41, 5.74) is 1.72. The Morgan fingerprint density at radius 3 is 2.58 bits per heavy atom. The number of aromatic hydroxyl groups is 1. The third kappa shape index (κ3) is 4.20. The number of rotatable bonds is 5. The van der Waals surface area contributed by atoms with Crippen LogP contribution in [0.15, 0.2) is 12.1 Å². The topological polar surface area (TPSA) is 45.2 Å². The number of aryl methyl sites for hydroxylation is 1. The average Bonchev–Trinajstić information content (AvgIpc) is 2.43. The maximum Gasteiger partial charge on any atom is 0.138 e. The minimum Gasteiger partial charge on any atom is -0.506 e. The first kappa shape index (κ1) is 14.3. The van der Waals surface area contributed by atoms with Crippen molar-refractivity contribution in [3.05, 3.63) is 23.5 Å². The molecule has 1 saturated carbocycles. The molecule has 3 heteroatoms. The zero-order valence-electron chi connectivity index (χ0n) is 12.2. The van der Waals surface area contributed by atoms with Gasteiger partial charge in [0.1, 0.15) is 5.75 Å². The largest absolute Gasteiger partial charge is 0.506 e. The van der Waals surface area contributed by atoms with Gasteiger partial charge in [0.25, 0.3) is 0 Å². The molecule has 0 unspecified atom stereocenters. The fourth-order valence-electron chi connectivity index (χ4n) is 2.97. The normalized spacial score (nSPS) is 23.5. The molecule has 3 nitrogen and oxygen atoms in total. The van der Waals surface area contributed by atoms with Crippen LogP contribution in [0.5, 0.6) is 5.75 Å². The van der Waals surface area contributed by atoms with Gasteiger partial charge in [-0.15, -0.1) is 0 Å². The summed E-state index contributed by atoms with van der Waals surface area (Å²) in [6.07, 6.45) is 6.80. The predicted octanol–water partition coefficient (Wildman–Crippen LogP) is 3.40. The molecular formula is C16H26N2O. The van der Waals surface area contributed by atoms with E-state index in [0.717, 1.165) is 29.8 Å². The zero-order valence-corrected chi connectivity index (χ0v) is 12.2. The molecule has 0 amide bonds. The van der Waals surface area contributed by atoms with E-state index < -0.39 is 0 Å². The molecule has 0 bridgehead atoms. The quantitative estimate of drug-likeness (QED) is 0.855. The van der Waals surface area contributed by atoms with Crippen LogP contribution in [0.1, 0.15) is 50.4 Å². The van der Waals surface area contributed by atoms with Crippen LogP contribution in [0.3, 0.4) is 0 Å². The fourth-order valence-corrected chi connectivity index (χ4v) is 2.97. The molecule has 0 aliphatic heterocycles. The van der Waals surface area contributed by atoms with Crippen molar-refractivity contribution in [2.45, 2.75) is 52.5 Å². The molecule has 0 aromatic carbocycles. The lowest BCUT2D eigenvalue weighted by Crippen LogP contribution is -2.26. The first-order chi connectivity index (χ1) is 9.19. The number of nitrogens with zero attached hydrogens (tertiary/aromatic N) is 1. The Morgan fingerprint density at radius 1 is 1.21 bits per heavy atom. The summed E-state index contributed by atoms with van der Waals surface area (Å²) < 4.78 is 0. The van der Waals surface area contributed by atoms with Crippen molar-refractivity contribution < 1.29 is 5.11 Å². The smallest absolute Gasteiger partial charge is 0.138 e. The molecule has 1 heterocycles. The van der Waals surface area contributed by atoms with Crippen LogP contribution in [0.25, 0.3) is 0 Å². The van der Waals surface area contributed by atoms with E-state index in [1.54, 1.807) is 6.07 Å². The van der Waals surface area contributed by atoms with Crippen LogP contribution < -0.4 is 5.32 Å². The van der Waals surface area contributed by atoms with Crippen molar-refractivity contribution in [3.63, 3.8) is 0 Å². The van der Waals surface area contributed by atoms with E-state index >= 15 is 0 Å². The van der Waals surface area contributed by atoms with Gasteiger partial charge < -0.3 is 10.4 Å². The van der Waals surface area contributed by atoms with Gasteiger partial charge in [0.05, 0.1) is 5.69 Å². The molecule has 0 spiro atoms. The van der Waals surface area contributed by atoms with Gasteiger partial charge in [0.15, 0.2) is 0 Å². The molecular weight excluding hydrogens is 236 g/mol. The molecule has 0 saturated heterocycles. The highest BCUT2D eigenvalue weighted by Gasteiger charge is 2.19. The standard InChI is InChI=1S/C16H26N2O/c1-3-13-5-7-14(8-6-13)10-17-11-15-16(19)9-4-12(2)18-15/h4,9,13-14,17,19H,3,5-8,10-11H2,1-2H3. The molecule has 1 fully saturated rings. The van der Waals surface area contributed by atoms with Crippen molar-refractivity contribution in [1.29, 1.82) is 0 Å². The van der Waals surface area contributed by atoms with Gasteiger partial charge >= 0.3 is 0 Å². The summed E-state index contributed by atoms with van der Waals surface area (Å²) >= 11 is 0. The second kappa shape index (κ2) is 6.90. The van der Waals surface area contributed by atoms with Crippen LogP contribution in [0.4, 0.5) is 0 Å². The van der Waals surface area contributed by atoms with E-state index in [-0.39, 0.29) is 0 Å². The van der Waals surface area contributed by atoms with Gasteiger partial charge in [0.2, 0.25) is 0 Å². The lowest BCUT2D eigenvalue weighted by molar-refractivity contribution is 0.262. The molecule has 19 heavy (non-hydrogen) atoms. The van der Waals surface area contributed by atoms with E-state index in [9.17, 15) is 5.11 Å². The second-order valence-corrected chi connectivity index (χ2v) is 5.84. The van der Waals surface area contributed by atoms with Crippen LogP contribution in [0.2, 0.25) is 0 Å². The van der Waals surface area contributed by atoms with Crippen LogP contribution in [-0.2, 0) is 6.54 Å². The Bertz CT molecular complexity index is 398. The Labute approximate surface area is 116 Å². The number of pyridine rings is 1. The fraction of sp³-hybridized carbons (Fsp3) is 0.688. The molecule has 1 aromatic heterocycles. The number of hydrogen-bond donors (Lipinski definition) is 2. The summed E-state index contributed by atoms with van der Waals surface area (Å²) in [5.74, 6) is 2.06. The molecule has 1 aliphatic carbocycles. The molecule has 0 radical (unpaired) electrons. The van der Waals surface area contributed by atoms with E-state index in [4.69, 9.17) is 0 Å². The van der Waals surface area contributed by atoms with Crippen molar-refractivity contribution in [3.8, 4) is 5.75 Å². The van der Waals surface area contributed by atoms with Gasteiger partial charge in [-0.05, 0) is 50.3 Å². The van der Waals surface area contributed by atoms with Crippen molar-refractivity contribution in [2.24, 2.45) is 11.8 Å². The first-order valence-electron chi connectivity index (χ1n) is 7.55. The highest BCUT2D eigenvalue weighted by molar-refractivity contribution is 5.27. The van der Waals surface area contributed by atoms with Gasteiger partial charge in [-0.3, -0.25) is 4.98 Å². The Hall–Kier alpha value is -1.09. The van der Waals surface area contributed by atoms with Crippen LogP contribution in [-0.4, -0.2) is 16.6 Å². The lowest BCUT2D eigenvalue weighted by Gasteiger charge is -2.27.